The van der Waals surface area contributed by atoms with Crippen LogP contribution in [0, 0.1) is 10.1 Å². The molecule has 0 aromatic heterocycles. The zero-order chi connectivity index (χ0) is 27.8. The number of aliphatic carboxylic acids is 1. The normalized spacial score (nSPS) is 11.5. The van der Waals surface area contributed by atoms with Gasteiger partial charge < -0.3 is 20.1 Å². The van der Waals surface area contributed by atoms with Gasteiger partial charge in [0.1, 0.15) is 24.0 Å². The molecule has 2 N–H and O–H groups in total. The van der Waals surface area contributed by atoms with Crippen molar-refractivity contribution in [1.29, 1.82) is 0 Å². The number of carbonyl (C=O) groups is 2. The summed E-state index contributed by atoms with van der Waals surface area (Å²) in [6, 6.07) is 14.7. The monoisotopic (exact) mass is 559 g/mol. The van der Waals surface area contributed by atoms with Crippen LogP contribution in [0.1, 0.15) is 34.8 Å². The number of ether oxygens (including phenoxy) is 1. The minimum absolute atomic E-state index is 0.0408. The molecule has 9 nitrogen and oxygen atoms in total. The smallest absolute Gasteiger partial charge is 0.326 e. The molecule has 1 unspecified atom stereocenters. The van der Waals surface area contributed by atoms with Crippen LogP contribution >= 0.6 is 23.2 Å². The highest BCUT2D eigenvalue weighted by molar-refractivity contribution is 6.35. The van der Waals surface area contributed by atoms with Gasteiger partial charge in [-0.3, -0.25) is 14.9 Å². The maximum absolute atomic E-state index is 13.0. The molecule has 200 valence electrons. The maximum Gasteiger partial charge on any atom is 0.326 e. The lowest BCUT2D eigenvalue weighted by molar-refractivity contribution is -0.385. The van der Waals surface area contributed by atoms with E-state index in [4.69, 9.17) is 27.9 Å². The number of hydrogen-bond acceptors (Lipinski definition) is 6. The first kappa shape index (κ1) is 28.7. The van der Waals surface area contributed by atoms with Crippen molar-refractivity contribution in [3.63, 3.8) is 0 Å². The number of carbonyl (C=O) groups excluding carboxylic acids is 1. The first-order valence-corrected chi connectivity index (χ1v) is 12.5. The predicted molar refractivity (Wildman–Crippen MR) is 146 cm³/mol. The van der Waals surface area contributed by atoms with E-state index in [2.05, 4.69) is 5.32 Å². The number of nitro groups is 1. The number of anilines is 1. The molecule has 0 aliphatic heterocycles. The molecule has 3 rings (SSSR count). The van der Waals surface area contributed by atoms with Crippen LogP contribution in [0.4, 0.5) is 11.4 Å². The van der Waals surface area contributed by atoms with E-state index in [-0.39, 0.29) is 18.6 Å². The molecule has 0 fully saturated rings. The van der Waals surface area contributed by atoms with Gasteiger partial charge in [0.2, 0.25) is 0 Å². The summed E-state index contributed by atoms with van der Waals surface area (Å²) in [6.45, 7) is 2.82. The average molecular weight is 560 g/mol. The lowest BCUT2D eigenvalue weighted by Crippen LogP contribution is -2.42. The zero-order valence-corrected chi connectivity index (χ0v) is 22.3. The van der Waals surface area contributed by atoms with Crippen molar-refractivity contribution < 1.29 is 24.4 Å². The Labute approximate surface area is 230 Å². The lowest BCUT2D eigenvalue weighted by Gasteiger charge is -2.20. The summed E-state index contributed by atoms with van der Waals surface area (Å²) in [7, 11) is 1.81. The van der Waals surface area contributed by atoms with E-state index in [0.717, 1.165) is 6.42 Å². The molecule has 0 saturated carbocycles. The first-order chi connectivity index (χ1) is 18.1. The highest BCUT2D eigenvalue weighted by Gasteiger charge is 2.26. The molecule has 1 atom stereocenters. The van der Waals surface area contributed by atoms with Gasteiger partial charge in [0, 0.05) is 47.4 Å². The SMILES string of the molecule is CCCN(C)c1ccc([N+](=O)[O-])c(C(=O)NC(Cc2ccc(OCc3c(Cl)cccc3Cl)cc2)C(=O)O)c1. The molecule has 3 aromatic rings. The third-order valence-electron chi connectivity index (χ3n) is 5.83. The Morgan fingerprint density at radius 3 is 2.34 bits per heavy atom. The van der Waals surface area contributed by atoms with Crippen LogP contribution < -0.4 is 15.0 Å². The number of amides is 1. The zero-order valence-electron chi connectivity index (χ0n) is 20.8. The van der Waals surface area contributed by atoms with Crippen LogP contribution in [0.5, 0.6) is 5.75 Å². The number of nitrogens with zero attached hydrogens (tertiary/aromatic N) is 2. The fraction of sp³-hybridized carbons (Fsp3) is 0.259. The van der Waals surface area contributed by atoms with E-state index in [9.17, 15) is 24.8 Å². The quantitative estimate of drug-likeness (QED) is 0.214. The van der Waals surface area contributed by atoms with E-state index in [1.54, 1.807) is 48.5 Å². The largest absolute Gasteiger partial charge is 0.489 e. The standard InChI is InChI=1S/C27H27Cl2N3O6/c1-3-13-31(2)18-9-12-25(32(36)37)20(15-18)26(33)30-24(27(34)35)14-17-7-10-19(11-8-17)38-16-21-22(28)5-4-6-23(21)29/h4-12,15,24H,3,13-14,16H2,1-2H3,(H,30,33)(H,34,35). The molecule has 0 radical (unpaired) electrons. The summed E-state index contributed by atoms with van der Waals surface area (Å²) in [5.74, 6) is -1.59. The van der Waals surface area contributed by atoms with E-state index in [1.807, 2.05) is 18.9 Å². The number of carboxylic acid groups (broad SMARTS) is 1. The number of nitrogens with one attached hydrogen (secondary N) is 1. The van der Waals surface area contributed by atoms with Crippen LogP contribution in [-0.4, -0.2) is 41.5 Å². The van der Waals surface area contributed by atoms with Gasteiger partial charge in [0.05, 0.1) is 4.92 Å². The van der Waals surface area contributed by atoms with E-state index in [0.29, 0.717) is 39.2 Å². The van der Waals surface area contributed by atoms with Crippen LogP contribution in [-0.2, 0) is 17.8 Å². The molecule has 38 heavy (non-hydrogen) atoms. The van der Waals surface area contributed by atoms with Gasteiger partial charge >= 0.3 is 5.97 Å². The molecule has 1 amide bonds. The number of carboxylic acids is 1. The third-order valence-corrected chi connectivity index (χ3v) is 6.54. The van der Waals surface area contributed by atoms with Crippen molar-refractivity contribution in [1.82, 2.24) is 5.32 Å². The molecule has 0 saturated heterocycles. The highest BCUT2D eigenvalue weighted by Crippen LogP contribution is 2.27. The Kier molecular flexibility index (Phi) is 9.92. The second kappa shape index (κ2) is 13.1. The van der Waals surface area contributed by atoms with Gasteiger partial charge in [-0.05, 0) is 48.4 Å². The van der Waals surface area contributed by atoms with Crippen LogP contribution in [0.3, 0.4) is 0 Å². The van der Waals surface area contributed by atoms with Crippen molar-refractivity contribution in [2.24, 2.45) is 0 Å². The summed E-state index contributed by atoms with van der Waals surface area (Å²) in [4.78, 5) is 37.7. The lowest BCUT2D eigenvalue weighted by atomic mass is 10.0. The molecule has 0 aliphatic carbocycles. The predicted octanol–water partition coefficient (Wildman–Crippen LogP) is 5.75. The highest BCUT2D eigenvalue weighted by atomic mass is 35.5. The number of nitro benzene ring substituents is 1. The molecule has 0 bridgehead atoms. The molecule has 0 aliphatic rings. The van der Waals surface area contributed by atoms with Crippen molar-refractivity contribution in [3.8, 4) is 5.75 Å². The summed E-state index contributed by atoms with van der Waals surface area (Å²) >= 11 is 12.3. The second-order valence-electron chi connectivity index (χ2n) is 8.58. The van der Waals surface area contributed by atoms with Gasteiger partial charge in [0.15, 0.2) is 0 Å². The molecular weight excluding hydrogens is 533 g/mol. The summed E-state index contributed by atoms with van der Waals surface area (Å²) in [5.41, 5.74) is 1.27. The maximum atomic E-state index is 13.0. The Morgan fingerprint density at radius 2 is 1.76 bits per heavy atom. The van der Waals surface area contributed by atoms with Gasteiger partial charge in [-0.15, -0.1) is 0 Å². The average Bonchev–Trinajstić information content (AvgIpc) is 2.88. The Bertz CT molecular complexity index is 1300. The van der Waals surface area contributed by atoms with Crippen LogP contribution in [0.2, 0.25) is 10.0 Å². The van der Waals surface area contributed by atoms with E-state index in [1.165, 1.54) is 12.1 Å². The van der Waals surface area contributed by atoms with Crippen molar-refractivity contribution in [2.75, 3.05) is 18.5 Å². The fourth-order valence-corrected chi connectivity index (χ4v) is 4.29. The van der Waals surface area contributed by atoms with Gasteiger partial charge in [0.25, 0.3) is 11.6 Å². The van der Waals surface area contributed by atoms with Crippen LogP contribution in [0.15, 0.2) is 60.7 Å². The minimum Gasteiger partial charge on any atom is -0.489 e. The van der Waals surface area contributed by atoms with Gasteiger partial charge in [-0.25, -0.2) is 4.79 Å². The van der Waals surface area contributed by atoms with E-state index < -0.39 is 28.5 Å². The molecule has 3 aromatic carbocycles. The molecule has 11 heteroatoms. The van der Waals surface area contributed by atoms with Crippen molar-refractivity contribution in [2.45, 2.75) is 32.4 Å². The Morgan fingerprint density at radius 1 is 1.11 bits per heavy atom. The fourth-order valence-electron chi connectivity index (χ4n) is 3.79. The van der Waals surface area contributed by atoms with Gasteiger partial charge in [-0.2, -0.15) is 0 Å². The Balaban J connectivity index is 1.72. The van der Waals surface area contributed by atoms with Crippen LogP contribution in [0.25, 0.3) is 0 Å². The number of halogens is 2. The molecule has 0 heterocycles. The first-order valence-electron chi connectivity index (χ1n) is 11.8. The molecular formula is C27H27Cl2N3O6. The summed E-state index contributed by atoms with van der Waals surface area (Å²) in [5, 5.41) is 24.7. The van der Waals surface area contributed by atoms with Crippen molar-refractivity contribution in [3.05, 3.63) is 97.5 Å². The number of benzene rings is 3. The number of hydrogen-bond donors (Lipinski definition) is 2. The van der Waals surface area contributed by atoms with E-state index >= 15 is 0 Å². The van der Waals surface area contributed by atoms with Gasteiger partial charge in [-0.1, -0.05) is 48.3 Å². The minimum atomic E-state index is -1.31. The molecule has 0 spiro atoms. The summed E-state index contributed by atoms with van der Waals surface area (Å²) < 4.78 is 5.74. The topological polar surface area (TPSA) is 122 Å². The Hall–Kier alpha value is -3.82. The number of rotatable bonds is 12. The van der Waals surface area contributed by atoms with Crippen molar-refractivity contribution >= 4 is 46.5 Å². The summed E-state index contributed by atoms with van der Waals surface area (Å²) in [6.07, 6.45) is 0.800. The third kappa shape index (κ3) is 7.36. The second-order valence-corrected chi connectivity index (χ2v) is 9.40.